The molecule has 3 aromatic heterocycles. The van der Waals surface area contributed by atoms with Gasteiger partial charge in [0.2, 0.25) is 0 Å². The summed E-state index contributed by atoms with van der Waals surface area (Å²) in [5, 5.41) is 15.1. The molecule has 37 heavy (non-hydrogen) atoms. The second-order valence-corrected chi connectivity index (χ2v) is 9.34. The van der Waals surface area contributed by atoms with Crippen molar-refractivity contribution in [2.24, 2.45) is 0 Å². The molecule has 4 aromatic rings. The molecule has 4 heterocycles. The Morgan fingerprint density at radius 3 is 2.84 bits per heavy atom. The molecule has 194 valence electrons. The third-order valence-electron chi connectivity index (χ3n) is 6.49. The number of fused-ring (bicyclic) bond motifs is 1. The van der Waals surface area contributed by atoms with Gasteiger partial charge in [-0.25, -0.2) is 19.3 Å². The van der Waals surface area contributed by atoms with Crippen LogP contribution < -0.4 is 5.32 Å². The number of likely N-dealkylation sites (tertiary alicyclic amines) is 1. The highest BCUT2D eigenvalue weighted by atomic mass is 35.5. The molecule has 1 aliphatic heterocycles. The molecule has 1 saturated heterocycles. The first kappa shape index (κ1) is 25.4. The lowest BCUT2D eigenvalue weighted by atomic mass is 9.99. The summed E-state index contributed by atoms with van der Waals surface area (Å²) in [4.78, 5) is 17.4. The van der Waals surface area contributed by atoms with Crippen molar-refractivity contribution in [1.29, 1.82) is 0 Å². The summed E-state index contributed by atoms with van der Waals surface area (Å²) < 4.78 is 54.1. The summed E-state index contributed by atoms with van der Waals surface area (Å²) in [6.45, 7) is 0.717. The quantitative estimate of drug-likeness (QED) is 0.271. The van der Waals surface area contributed by atoms with Crippen LogP contribution in [0.4, 0.5) is 23.4 Å². The van der Waals surface area contributed by atoms with Gasteiger partial charge in [-0.3, -0.25) is 4.90 Å². The van der Waals surface area contributed by atoms with Crippen molar-refractivity contribution in [1.82, 2.24) is 24.8 Å². The number of rotatable bonds is 6. The number of nitrogens with zero attached hydrogens (tertiary/aromatic N) is 4. The first-order chi connectivity index (χ1) is 17.7. The molecule has 0 aliphatic carbocycles. The van der Waals surface area contributed by atoms with Crippen LogP contribution in [0.15, 0.2) is 48.9 Å². The third kappa shape index (κ3) is 5.39. The minimum absolute atomic E-state index is 0.0200. The molecular weight excluding hydrogens is 512 g/mol. The van der Waals surface area contributed by atoms with Crippen molar-refractivity contribution in [2.45, 2.75) is 37.7 Å². The van der Waals surface area contributed by atoms with E-state index in [1.807, 2.05) is 0 Å². The number of halogens is 5. The van der Waals surface area contributed by atoms with Crippen molar-refractivity contribution in [2.75, 3.05) is 18.4 Å². The maximum atomic E-state index is 14.6. The molecule has 0 saturated carbocycles. The summed E-state index contributed by atoms with van der Waals surface area (Å²) in [6.07, 6.45) is 0.837. The van der Waals surface area contributed by atoms with Crippen molar-refractivity contribution >= 4 is 28.5 Å². The molecule has 1 fully saturated rings. The number of anilines is 1. The van der Waals surface area contributed by atoms with E-state index in [9.17, 15) is 22.7 Å². The molecule has 12 heteroatoms. The highest BCUT2D eigenvalue weighted by Gasteiger charge is 2.33. The molecule has 5 rings (SSSR count). The lowest BCUT2D eigenvalue weighted by molar-refractivity contribution is -0.137. The number of H-pyrrole nitrogens is 1. The molecular formula is C25H23ClF4N6O. The van der Waals surface area contributed by atoms with Crippen LogP contribution in [0.5, 0.6) is 0 Å². The van der Waals surface area contributed by atoms with Crippen LogP contribution in [0.2, 0.25) is 5.02 Å². The second-order valence-electron chi connectivity index (χ2n) is 8.91. The van der Waals surface area contributed by atoms with Crippen LogP contribution >= 0.6 is 11.6 Å². The predicted molar refractivity (Wildman–Crippen MR) is 131 cm³/mol. The van der Waals surface area contributed by atoms with E-state index in [2.05, 4.69) is 25.3 Å². The van der Waals surface area contributed by atoms with Gasteiger partial charge in [0.25, 0.3) is 0 Å². The number of pyridine rings is 1. The maximum Gasteiger partial charge on any atom is 0.416 e. The van der Waals surface area contributed by atoms with Crippen LogP contribution in [0.3, 0.4) is 0 Å². The van der Waals surface area contributed by atoms with E-state index < -0.39 is 23.8 Å². The van der Waals surface area contributed by atoms with Crippen LogP contribution in [-0.4, -0.2) is 49.1 Å². The SMILES string of the molecule is OC(c1cccc(C(F)(F)F)c1)N1CCCCC1CNc1nc(-c2c[nH]c3ncc(Cl)cc23)ncc1F. The fourth-order valence-electron chi connectivity index (χ4n) is 4.63. The molecule has 0 radical (unpaired) electrons. The Morgan fingerprint density at radius 2 is 2.03 bits per heavy atom. The molecule has 2 atom stereocenters. The number of aliphatic hydroxyl groups is 1. The fourth-order valence-corrected chi connectivity index (χ4v) is 4.79. The summed E-state index contributed by atoms with van der Waals surface area (Å²) in [5.74, 6) is -0.405. The minimum Gasteiger partial charge on any atom is -0.374 e. The van der Waals surface area contributed by atoms with Gasteiger partial charge < -0.3 is 15.4 Å². The first-order valence-corrected chi connectivity index (χ1v) is 12.1. The van der Waals surface area contributed by atoms with Gasteiger partial charge in [-0.2, -0.15) is 13.2 Å². The van der Waals surface area contributed by atoms with Crippen LogP contribution in [0, 0.1) is 5.82 Å². The standard InChI is InChI=1S/C25H23ClF4N6O/c26-16-9-18-19(12-33-21(18)31-10-16)22-34-13-20(27)23(35-22)32-11-17-6-1-2-7-36(17)24(37)14-4-3-5-15(8-14)25(28,29)30/h3-5,8-10,12-13,17,24,37H,1-2,6-7,11H2,(H,31,33)(H,32,34,35). The average Bonchev–Trinajstić information content (AvgIpc) is 3.30. The van der Waals surface area contributed by atoms with Gasteiger partial charge in [0.05, 0.1) is 16.8 Å². The highest BCUT2D eigenvalue weighted by molar-refractivity contribution is 6.31. The van der Waals surface area contributed by atoms with Crippen molar-refractivity contribution in [3.8, 4) is 11.4 Å². The van der Waals surface area contributed by atoms with E-state index in [0.717, 1.165) is 31.2 Å². The van der Waals surface area contributed by atoms with E-state index >= 15 is 0 Å². The fraction of sp³-hybridized carbons (Fsp3) is 0.320. The Hall–Kier alpha value is -3.28. The zero-order chi connectivity index (χ0) is 26.2. The molecule has 3 N–H and O–H groups in total. The van der Waals surface area contributed by atoms with E-state index in [-0.39, 0.29) is 29.8 Å². The van der Waals surface area contributed by atoms with Crippen molar-refractivity contribution in [3.05, 3.63) is 70.9 Å². The molecule has 7 nitrogen and oxygen atoms in total. The van der Waals surface area contributed by atoms with Crippen molar-refractivity contribution in [3.63, 3.8) is 0 Å². The Bertz CT molecular complexity index is 1410. The number of aromatic nitrogens is 4. The Kier molecular flexibility index (Phi) is 7.02. The highest BCUT2D eigenvalue weighted by Crippen LogP contribution is 2.33. The van der Waals surface area contributed by atoms with E-state index in [0.29, 0.717) is 34.6 Å². The van der Waals surface area contributed by atoms with Gasteiger partial charge in [0.15, 0.2) is 17.5 Å². The van der Waals surface area contributed by atoms with E-state index in [1.165, 1.54) is 18.3 Å². The number of benzene rings is 1. The zero-order valence-corrected chi connectivity index (χ0v) is 20.2. The normalized spacial score (nSPS) is 17.7. The number of nitrogens with one attached hydrogen (secondary N) is 2. The van der Waals surface area contributed by atoms with Crippen molar-refractivity contribution < 1.29 is 22.7 Å². The van der Waals surface area contributed by atoms with Crippen LogP contribution in [0.1, 0.15) is 36.6 Å². The van der Waals surface area contributed by atoms with Gasteiger partial charge in [-0.05, 0) is 36.6 Å². The summed E-state index contributed by atoms with van der Waals surface area (Å²) in [5.41, 5.74) is 0.527. The summed E-state index contributed by atoms with van der Waals surface area (Å²) >= 11 is 6.07. The average molecular weight is 535 g/mol. The summed E-state index contributed by atoms with van der Waals surface area (Å²) in [6, 6.07) is 6.14. The molecule has 1 aliphatic rings. The number of piperidine rings is 1. The van der Waals surface area contributed by atoms with E-state index in [1.54, 1.807) is 17.2 Å². The molecule has 0 bridgehead atoms. The first-order valence-electron chi connectivity index (χ1n) is 11.7. The number of aromatic amines is 1. The monoisotopic (exact) mass is 534 g/mol. The molecule has 0 spiro atoms. The topological polar surface area (TPSA) is 90.0 Å². The van der Waals surface area contributed by atoms with Gasteiger partial charge in [-0.1, -0.05) is 30.2 Å². The van der Waals surface area contributed by atoms with Gasteiger partial charge in [0, 0.05) is 42.5 Å². The molecule has 0 amide bonds. The number of aliphatic hydroxyl groups excluding tert-OH is 1. The predicted octanol–water partition coefficient (Wildman–Crippen LogP) is 5.79. The lowest BCUT2D eigenvalue weighted by Crippen LogP contribution is -2.45. The van der Waals surface area contributed by atoms with Crippen LogP contribution in [-0.2, 0) is 6.18 Å². The van der Waals surface area contributed by atoms with Gasteiger partial charge in [-0.15, -0.1) is 0 Å². The minimum atomic E-state index is -4.51. The number of hydrogen-bond acceptors (Lipinski definition) is 6. The smallest absolute Gasteiger partial charge is 0.374 e. The number of hydrogen-bond donors (Lipinski definition) is 3. The van der Waals surface area contributed by atoms with Crippen LogP contribution in [0.25, 0.3) is 22.4 Å². The Labute approximate surface area is 214 Å². The zero-order valence-electron chi connectivity index (χ0n) is 19.4. The van der Waals surface area contributed by atoms with Gasteiger partial charge in [0.1, 0.15) is 11.9 Å². The Morgan fingerprint density at radius 1 is 1.19 bits per heavy atom. The Balaban J connectivity index is 1.35. The van der Waals surface area contributed by atoms with E-state index in [4.69, 9.17) is 11.6 Å². The lowest BCUT2D eigenvalue weighted by Gasteiger charge is -2.39. The summed E-state index contributed by atoms with van der Waals surface area (Å²) in [7, 11) is 0. The largest absolute Gasteiger partial charge is 0.416 e. The number of alkyl halides is 3. The molecule has 2 unspecified atom stereocenters. The third-order valence-corrected chi connectivity index (χ3v) is 6.69. The maximum absolute atomic E-state index is 14.6. The van der Waals surface area contributed by atoms with Gasteiger partial charge >= 0.3 is 6.18 Å². The second kappa shape index (κ2) is 10.2. The molecule has 1 aromatic carbocycles.